The fourth-order valence-corrected chi connectivity index (χ4v) is 2.68. The molecule has 0 bridgehead atoms. The first kappa shape index (κ1) is 18.8. The van der Waals surface area contributed by atoms with Gasteiger partial charge in [-0.05, 0) is 24.6 Å². The molecule has 10 nitrogen and oxygen atoms in total. The van der Waals surface area contributed by atoms with Gasteiger partial charge in [-0.2, -0.15) is 0 Å². The fourth-order valence-electron chi connectivity index (χ4n) is 2.68. The van der Waals surface area contributed by atoms with Crippen LogP contribution in [0.15, 0.2) is 41.3 Å². The number of methoxy groups -OCH3 is 1. The summed E-state index contributed by atoms with van der Waals surface area (Å²) in [5.41, 5.74) is -0.0683. The minimum absolute atomic E-state index is 0.0186. The average molecular weight is 384 g/mol. The number of aromatic nitrogens is 3. The number of rotatable bonds is 5. The molecule has 0 spiro atoms. The number of amides is 1. The maximum absolute atomic E-state index is 12.5. The van der Waals surface area contributed by atoms with Crippen LogP contribution in [0.1, 0.15) is 49.9 Å². The van der Waals surface area contributed by atoms with Gasteiger partial charge in [-0.15, -0.1) is 0 Å². The summed E-state index contributed by atoms with van der Waals surface area (Å²) < 4.78 is 5.50. The average Bonchev–Trinajstić information content (AvgIpc) is 3.07. The van der Waals surface area contributed by atoms with Crippen molar-refractivity contribution in [2.45, 2.75) is 13.0 Å². The number of carboxylic acid groups (broad SMARTS) is 1. The predicted molar refractivity (Wildman–Crippen MR) is 96.4 cm³/mol. The number of ether oxygens (including phenoxy) is 1. The quantitative estimate of drug-likeness (QED) is 0.557. The molecule has 144 valence electrons. The van der Waals surface area contributed by atoms with Gasteiger partial charge in [-0.25, -0.2) is 23.8 Å². The van der Waals surface area contributed by atoms with Crippen LogP contribution in [0.2, 0.25) is 0 Å². The van der Waals surface area contributed by atoms with Gasteiger partial charge in [0.05, 0.1) is 18.7 Å². The molecule has 3 N–H and O–H groups in total. The van der Waals surface area contributed by atoms with E-state index < -0.39 is 29.6 Å². The number of imidazole rings is 1. The molecule has 2 aromatic heterocycles. The summed E-state index contributed by atoms with van der Waals surface area (Å²) >= 11 is 0. The van der Waals surface area contributed by atoms with Gasteiger partial charge in [-0.3, -0.25) is 4.79 Å². The van der Waals surface area contributed by atoms with Crippen LogP contribution in [0.3, 0.4) is 0 Å². The van der Waals surface area contributed by atoms with Crippen molar-refractivity contribution in [1.82, 2.24) is 19.7 Å². The lowest BCUT2D eigenvalue weighted by molar-refractivity contribution is 0.0599. The molecule has 0 aliphatic rings. The lowest BCUT2D eigenvalue weighted by Gasteiger charge is -2.15. The lowest BCUT2D eigenvalue weighted by Crippen LogP contribution is -2.29. The summed E-state index contributed by atoms with van der Waals surface area (Å²) in [7, 11) is 1.28. The van der Waals surface area contributed by atoms with Crippen LogP contribution in [-0.4, -0.2) is 44.4 Å². The van der Waals surface area contributed by atoms with Crippen LogP contribution in [0, 0.1) is 0 Å². The molecule has 0 saturated heterocycles. The Kier molecular flexibility index (Phi) is 4.94. The number of benzene rings is 1. The van der Waals surface area contributed by atoms with Crippen molar-refractivity contribution in [2.24, 2.45) is 0 Å². The van der Waals surface area contributed by atoms with Gasteiger partial charge in [0.2, 0.25) is 0 Å². The van der Waals surface area contributed by atoms with Crippen molar-refractivity contribution in [2.75, 3.05) is 7.11 Å². The van der Waals surface area contributed by atoms with Gasteiger partial charge in [0.1, 0.15) is 11.4 Å². The smallest absolute Gasteiger partial charge is 0.353 e. The highest BCUT2D eigenvalue weighted by molar-refractivity contribution is 5.96. The van der Waals surface area contributed by atoms with Crippen LogP contribution < -0.4 is 11.0 Å². The maximum atomic E-state index is 12.5. The Bertz CT molecular complexity index is 1130. The first-order valence-electron chi connectivity index (χ1n) is 8.15. The summed E-state index contributed by atoms with van der Waals surface area (Å²) in [4.78, 5) is 53.5. The Hall–Kier alpha value is -3.95. The Morgan fingerprint density at radius 3 is 2.54 bits per heavy atom. The SMILES string of the molecule is COC(=O)c1ccc([C@@H](C)NC(=O)c2cc(C(=O)O)n3c(=O)[nH]cc3n2)cc1. The molecule has 3 aromatic rings. The van der Waals surface area contributed by atoms with E-state index in [4.69, 9.17) is 0 Å². The van der Waals surface area contributed by atoms with Gasteiger partial charge in [0.15, 0.2) is 5.65 Å². The van der Waals surface area contributed by atoms with Crippen LogP contribution in [-0.2, 0) is 4.74 Å². The zero-order chi connectivity index (χ0) is 20.4. The van der Waals surface area contributed by atoms with E-state index in [0.29, 0.717) is 5.56 Å². The number of esters is 1. The second-order valence-electron chi connectivity index (χ2n) is 5.93. The number of aromatic amines is 1. The second kappa shape index (κ2) is 7.35. The van der Waals surface area contributed by atoms with Crippen LogP contribution in [0.4, 0.5) is 0 Å². The van der Waals surface area contributed by atoms with E-state index >= 15 is 0 Å². The molecule has 1 aromatic carbocycles. The number of hydrogen-bond donors (Lipinski definition) is 3. The van der Waals surface area contributed by atoms with Gasteiger partial charge >= 0.3 is 17.6 Å². The minimum atomic E-state index is -1.37. The zero-order valence-electron chi connectivity index (χ0n) is 14.9. The maximum Gasteiger partial charge on any atom is 0.353 e. The van der Waals surface area contributed by atoms with E-state index in [0.717, 1.165) is 16.0 Å². The number of fused-ring (bicyclic) bond motifs is 1. The largest absolute Gasteiger partial charge is 0.477 e. The molecule has 0 unspecified atom stereocenters. The summed E-state index contributed by atoms with van der Waals surface area (Å²) in [6.45, 7) is 1.72. The number of carbonyl (C=O) groups excluding carboxylic acids is 2. The molecule has 1 atom stereocenters. The Balaban J connectivity index is 1.85. The second-order valence-corrected chi connectivity index (χ2v) is 5.93. The van der Waals surface area contributed by atoms with E-state index in [-0.39, 0.29) is 17.0 Å². The highest BCUT2D eigenvalue weighted by Crippen LogP contribution is 2.15. The number of nitrogens with zero attached hydrogens (tertiary/aromatic N) is 2. The summed E-state index contributed by atoms with van der Waals surface area (Å²) in [6, 6.07) is 7.07. The number of carbonyl (C=O) groups is 3. The van der Waals surface area contributed by atoms with Crippen molar-refractivity contribution in [3.8, 4) is 0 Å². The molecular formula is C18H16N4O6. The van der Waals surface area contributed by atoms with Crippen molar-refractivity contribution in [1.29, 1.82) is 0 Å². The minimum Gasteiger partial charge on any atom is -0.477 e. The molecule has 2 heterocycles. The third kappa shape index (κ3) is 3.47. The van der Waals surface area contributed by atoms with E-state index in [1.807, 2.05) is 0 Å². The molecule has 3 rings (SSSR count). The summed E-state index contributed by atoms with van der Waals surface area (Å²) in [5.74, 6) is -2.44. The third-order valence-corrected chi connectivity index (χ3v) is 4.14. The van der Waals surface area contributed by atoms with Gasteiger partial charge in [0, 0.05) is 12.3 Å². The Morgan fingerprint density at radius 2 is 1.93 bits per heavy atom. The van der Waals surface area contributed by atoms with Crippen LogP contribution in [0.25, 0.3) is 5.65 Å². The number of carboxylic acids is 1. The number of aromatic carboxylic acids is 1. The third-order valence-electron chi connectivity index (χ3n) is 4.14. The van der Waals surface area contributed by atoms with Crippen LogP contribution >= 0.6 is 0 Å². The number of hydrogen-bond acceptors (Lipinski definition) is 6. The highest BCUT2D eigenvalue weighted by atomic mass is 16.5. The Morgan fingerprint density at radius 1 is 1.25 bits per heavy atom. The van der Waals surface area contributed by atoms with Gasteiger partial charge in [0.25, 0.3) is 5.91 Å². The van der Waals surface area contributed by atoms with E-state index in [1.54, 1.807) is 31.2 Å². The zero-order valence-corrected chi connectivity index (χ0v) is 14.9. The standard InChI is InChI=1S/C18H16N4O6/c1-9(10-3-5-11(6-4-10)17(26)28-2)20-15(23)12-7-13(16(24)25)22-14(21-12)8-19-18(22)27/h3-9H,1-2H3,(H,19,27)(H,20,23)(H,24,25)/t9-/m1/s1. The predicted octanol–water partition coefficient (Wildman–Crippen LogP) is 0.998. The summed E-state index contributed by atoms with van der Waals surface area (Å²) in [6.07, 6.45) is 1.22. The van der Waals surface area contributed by atoms with Gasteiger partial charge in [-0.1, -0.05) is 12.1 Å². The fraction of sp³-hybridized carbons (Fsp3) is 0.167. The summed E-state index contributed by atoms with van der Waals surface area (Å²) in [5, 5.41) is 12.0. The van der Waals surface area contributed by atoms with Crippen molar-refractivity contribution < 1.29 is 24.2 Å². The normalized spacial score (nSPS) is 11.8. The monoisotopic (exact) mass is 384 g/mol. The van der Waals surface area contributed by atoms with E-state index in [2.05, 4.69) is 20.0 Å². The first-order chi connectivity index (χ1) is 13.3. The Labute approximate surface area is 157 Å². The lowest BCUT2D eigenvalue weighted by atomic mass is 10.1. The molecule has 1 amide bonds. The molecule has 0 saturated carbocycles. The topological polar surface area (TPSA) is 143 Å². The molecule has 28 heavy (non-hydrogen) atoms. The first-order valence-corrected chi connectivity index (χ1v) is 8.15. The van der Waals surface area contributed by atoms with Crippen LogP contribution in [0.5, 0.6) is 0 Å². The molecule has 0 aliphatic heterocycles. The molecular weight excluding hydrogens is 368 g/mol. The number of nitrogens with one attached hydrogen (secondary N) is 2. The highest BCUT2D eigenvalue weighted by Gasteiger charge is 2.19. The molecule has 0 aliphatic carbocycles. The van der Waals surface area contributed by atoms with Crippen molar-refractivity contribution in [3.05, 3.63) is 69.5 Å². The number of H-pyrrole nitrogens is 1. The van der Waals surface area contributed by atoms with E-state index in [9.17, 15) is 24.3 Å². The van der Waals surface area contributed by atoms with Crippen molar-refractivity contribution in [3.63, 3.8) is 0 Å². The van der Waals surface area contributed by atoms with Gasteiger partial charge < -0.3 is 20.1 Å². The molecule has 10 heteroatoms. The van der Waals surface area contributed by atoms with E-state index in [1.165, 1.54) is 13.3 Å². The van der Waals surface area contributed by atoms with Crippen molar-refractivity contribution >= 4 is 23.5 Å². The molecule has 0 radical (unpaired) electrons. The molecule has 0 fully saturated rings.